The number of piperidine rings is 1. The number of rotatable bonds is 6. The van der Waals surface area contributed by atoms with Crippen LogP contribution in [0.3, 0.4) is 0 Å². The van der Waals surface area contributed by atoms with E-state index >= 15 is 0 Å². The lowest BCUT2D eigenvalue weighted by molar-refractivity contribution is -0.147. The Bertz CT molecular complexity index is 1340. The molecule has 7 heteroatoms. The molecular formula is C29H33N3O3S. The van der Waals surface area contributed by atoms with Crippen molar-refractivity contribution in [2.45, 2.75) is 52.8 Å². The van der Waals surface area contributed by atoms with E-state index in [2.05, 4.69) is 66.7 Å². The average Bonchev–Trinajstić information content (AvgIpc) is 3.28. The predicted molar refractivity (Wildman–Crippen MR) is 143 cm³/mol. The smallest absolute Gasteiger partial charge is 0.314 e. The van der Waals surface area contributed by atoms with Gasteiger partial charge in [-0.1, -0.05) is 23.8 Å². The SMILES string of the molecule is COC(=O)[C@]12C[C@H]1CN(c1nc(-c3cc(C)ccc3OCc3ccc4c(c3C)CCNC4)cs1)[C@@H]2C. The first-order valence-corrected chi connectivity index (χ1v) is 13.7. The van der Waals surface area contributed by atoms with Crippen molar-refractivity contribution >= 4 is 22.4 Å². The zero-order valence-corrected chi connectivity index (χ0v) is 22.2. The Morgan fingerprint density at radius 1 is 1.28 bits per heavy atom. The minimum atomic E-state index is -0.360. The monoisotopic (exact) mass is 503 g/mol. The molecule has 3 aliphatic rings. The Morgan fingerprint density at radius 3 is 2.97 bits per heavy atom. The number of thiazole rings is 1. The molecule has 0 unspecified atom stereocenters. The topological polar surface area (TPSA) is 63.7 Å². The van der Waals surface area contributed by atoms with Gasteiger partial charge in [0, 0.05) is 30.1 Å². The molecule has 2 fully saturated rings. The lowest BCUT2D eigenvalue weighted by Gasteiger charge is -2.27. The van der Waals surface area contributed by atoms with Gasteiger partial charge in [-0.05, 0) is 80.5 Å². The molecule has 3 heterocycles. The highest BCUT2D eigenvalue weighted by atomic mass is 32.1. The minimum absolute atomic E-state index is 0.0811. The van der Waals surface area contributed by atoms with Crippen LogP contribution in [0.15, 0.2) is 35.7 Å². The van der Waals surface area contributed by atoms with Crippen LogP contribution in [0.2, 0.25) is 0 Å². The zero-order chi connectivity index (χ0) is 25.0. The molecule has 0 bridgehead atoms. The molecule has 36 heavy (non-hydrogen) atoms. The average molecular weight is 504 g/mol. The molecule has 3 aromatic rings. The summed E-state index contributed by atoms with van der Waals surface area (Å²) in [5, 5.41) is 6.52. The van der Waals surface area contributed by atoms with Crippen molar-refractivity contribution < 1.29 is 14.3 Å². The van der Waals surface area contributed by atoms with Gasteiger partial charge in [0.15, 0.2) is 5.13 Å². The number of carbonyl (C=O) groups is 1. The van der Waals surface area contributed by atoms with Crippen LogP contribution in [0.4, 0.5) is 5.13 Å². The van der Waals surface area contributed by atoms with E-state index < -0.39 is 0 Å². The fourth-order valence-electron chi connectivity index (χ4n) is 6.23. The Kier molecular flexibility index (Phi) is 5.80. The number of methoxy groups -OCH3 is 1. The van der Waals surface area contributed by atoms with Crippen molar-refractivity contribution in [2.75, 3.05) is 25.1 Å². The maximum Gasteiger partial charge on any atom is 0.314 e. The number of fused-ring (bicyclic) bond motifs is 2. The molecule has 0 spiro atoms. The van der Waals surface area contributed by atoms with Crippen LogP contribution in [0.25, 0.3) is 11.3 Å². The number of benzene rings is 2. The molecule has 1 aromatic heterocycles. The summed E-state index contributed by atoms with van der Waals surface area (Å²) in [5.74, 6) is 1.13. The summed E-state index contributed by atoms with van der Waals surface area (Å²) in [6.45, 7) is 9.81. The van der Waals surface area contributed by atoms with E-state index in [0.717, 1.165) is 54.6 Å². The third kappa shape index (κ3) is 3.71. The minimum Gasteiger partial charge on any atom is -0.488 e. The molecule has 1 N–H and O–H groups in total. The number of esters is 1. The second kappa shape index (κ2) is 8.89. The van der Waals surface area contributed by atoms with Crippen LogP contribution in [0.1, 0.15) is 41.2 Å². The van der Waals surface area contributed by atoms with Crippen LogP contribution in [-0.2, 0) is 29.1 Å². The molecular weight excluding hydrogens is 470 g/mol. The number of carbonyl (C=O) groups excluding carboxylic acids is 1. The maximum atomic E-state index is 12.5. The van der Waals surface area contributed by atoms with E-state index in [0.29, 0.717) is 12.5 Å². The Hall–Kier alpha value is -2.90. The molecule has 3 atom stereocenters. The number of hydrogen-bond acceptors (Lipinski definition) is 7. The highest BCUT2D eigenvalue weighted by molar-refractivity contribution is 7.14. The van der Waals surface area contributed by atoms with Crippen LogP contribution in [0, 0.1) is 25.2 Å². The summed E-state index contributed by atoms with van der Waals surface area (Å²) in [6, 6.07) is 10.8. The van der Waals surface area contributed by atoms with E-state index in [1.54, 1.807) is 11.3 Å². The largest absolute Gasteiger partial charge is 0.488 e. The molecule has 1 aliphatic carbocycles. The zero-order valence-electron chi connectivity index (χ0n) is 21.4. The molecule has 6 rings (SSSR count). The van der Waals surface area contributed by atoms with Gasteiger partial charge in [0.25, 0.3) is 0 Å². The van der Waals surface area contributed by atoms with E-state index in [1.165, 1.54) is 34.9 Å². The number of aryl methyl sites for hydroxylation is 1. The third-order valence-electron chi connectivity index (χ3n) is 8.55. The van der Waals surface area contributed by atoms with Gasteiger partial charge >= 0.3 is 5.97 Å². The Labute approximate surface area is 216 Å². The van der Waals surface area contributed by atoms with Crippen LogP contribution >= 0.6 is 11.3 Å². The third-order valence-corrected chi connectivity index (χ3v) is 9.43. The summed E-state index contributed by atoms with van der Waals surface area (Å²) in [4.78, 5) is 19.8. The number of hydrogen-bond donors (Lipinski definition) is 1. The van der Waals surface area contributed by atoms with Crippen LogP contribution in [0.5, 0.6) is 5.75 Å². The lowest BCUT2D eigenvalue weighted by Crippen LogP contribution is -2.38. The number of aromatic nitrogens is 1. The van der Waals surface area contributed by atoms with Gasteiger partial charge in [0.2, 0.25) is 0 Å². The van der Waals surface area contributed by atoms with Crippen molar-refractivity contribution in [1.29, 1.82) is 0 Å². The molecule has 6 nitrogen and oxygen atoms in total. The number of nitrogens with one attached hydrogen (secondary N) is 1. The van der Waals surface area contributed by atoms with Crippen molar-refractivity contribution in [3.8, 4) is 17.0 Å². The fraction of sp³-hybridized carbons (Fsp3) is 0.448. The van der Waals surface area contributed by atoms with E-state index in [-0.39, 0.29) is 17.4 Å². The second-order valence-electron chi connectivity index (χ2n) is 10.5. The highest BCUT2D eigenvalue weighted by Gasteiger charge is 2.70. The lowest BCUT2D eigenvalue weighted by atomic mass is 9.93. The molecule has 1 saturated heterocycles. The van der Waals surface area contributed by atoms with Crippen molar-refractivity contribution in [3.63, 3.8) is 0 Å². The van der Waals surface area contributed by atoms with Gasteiger partial charge in [0.05, 0.1) is 18.2 Å². The first-order valence-electron chi connectivity index (χ1n) is 12.8. The molecule has 1 saturated carbocycles. The van der Waals surface area contributed by atoms with Crippen LogP contribution in [-0.4, -0.2) is 37.2 Å². The van der Waals surface area contributed by atoms with Gasteiger partial charge in [-0.15, -0.1) is 11.3 Å². The quantitative estimate of drug-likeness (QED) is 0.476. The van der Waals surface area contributed by atoms with Gasteiger partial charge in [0.1, 0.15) is 12.4 Å². The summed E-state index contributed by atoms with van der Waals surface area (Å²) in [7, 11) is 1.49. The van der Waals surface area contributed by atoms with Crippen LogP contribution < -0.4 is 15.0 Å². The van der Waals surface area contributed by atoms with Gasteiger partial charge < -0.3 is 19.7 Å². The van der Waals surface area contributed by atoms with E-state index in [4.69, 9.17) is 14.5 Å². The van der Waals surface area contributed by atoms with E-state index in [1.807, 2.05) is 0 Å². The van der Waals surface area contributed by atoms with Gasteiger partial charge in [-0.3, -0.25) is 4.79 Å². The predicted octanol–water partition coefficient (Wildman–Crippen LogP) is 5.04. The van der Waals surface area contributed by atoms with Crippen molar-refractivity contribution in [3.05, 3.63) is 63.5 Å². The standard InChI is InChI=1S/C29H33N3O3S/c1-17-5-8-26(35-15-21-7-6-20-13-30-10-9-23(20)18(21)2)24(11-17)25-16-36-28(31-25)32-14-22-12-29(22,19(32)3)27(33)34-4/h5-8,11,16,19,22,30H,9-10,12-15H2,1-4H3/t19-,22+,29+/m1/s1. The highest BCUT2D eigenvalue weighted by Crippen LogP contribution is 2.63. The van der Waals surface area contributed by atoms with Crippen molar-refractivity contribution in [2.24, 2.45) is 11.3 Å². The summed E-state index contributed by atoms with van der Waals surface area (Å²) < 4.78 is 11.6. The maximum absolute atomic E-state index is 12.5. The first kappa shape index (κ1) is 23.5. The summed E-state index contributed by atoms with van der Waals surface area (Å²) in [5.41, 5.74) is 8.19. The van der Waals surface area contributed by atoms with Gasteiger partial charge in [-0.2, -0.15) is 0 Å². The molecule has 0 amide bonds. The Balaban J connectivity index is 1.24. The molecule has 2 aromatic carbocycles. The summed E-state index contributed by atoms with van der Waals surface area (Å²) >= 11 is 1.63. The van der Waals surface area contributed by atoms with E-state index in [9.17, 15) is 4.79 Å². The Morgan fingerprint density at radius 2 is 2.14 bits per heavy atom. The summed E-state index contributed by atoms with van der Waals surface area (Å²) in [6.07, 6.45) is 1.99. The fourth-order valence-corrected chi connectivity index (χ4v) is 7.14. The molecule has 2 aliphatic heterocycles. The second-order valence-corrected chi connectivity index (χ2v) is 11.3. The van der Waals surface area contributed by atoms with Gasteiger partial charge in [-0.25, -0.2) is 4.98 Å². The van der Waals surface area contributed by atoms with Crippen molar-refractivity contribution in [1.82, 2.24) is 10.3 Å². The number of anilines is 1. The molecule has 188 valence electrons. The molecule has 0 radical (unpaired) electrons. The number of nitrogens with zero attached hydrogens (tertiary/aromatic N) is 2. The normalized spacial score (nSPS) is 24.3. The first-order chi connectivity index (χ1) is 17.4. The number of ether oxygens (including phenoxy) is 2.